The van der Waals surface area contributed by atoms with Gasteiger partial charge in [-0.15, -0.1) is 0 Å². The summed E-state index contributed by atoms with van der Waals surface area (Å²) >= 11 is 0. The maximum atomic E-state index is 2.60. The average Bonchev–Trinajstić information content (AvgIpc) is 2.31. The molecule has 134 valence electrons. The van der Waals surface area contributed by atoms with E-state index in [1.807, 2.05) is 0 Å². The van der Waals surface area contributed by atoms with E-state index in [1.165, 1.54) is 0 Å². The Kier molecular flexibility index (Phi) is 7.71. The zero-order chi connectivity index (χ0) is 18.0. The first kappa shape index (κ1) is 22.0. The van der Waals surface area contributed by atoms with Crippen LogP contribution in [0.15, 0.2) is 0 Å². The summed E-state index contributed by atoms with van der Waals surface area (Å²) in [5, 5.41) is 0. The van der Waals surface area contributed by atoms with Crippen molar-refractivity contribution < 1.29 is 0 Å². The van der Waals surface area contributed by atoms with Gasteiger partial charge in [0.2, 0.25) is 0 Å². The first-order chi connectivity index (χ1) is 9.79. The first-order valence-corrected chi connectivity index (χ1v) is 9.79. The van der Waals surface area contributed by atoms with Crippen LogP contribution in [0.5, 0.6) is 0 Å². The van der Waals surface area contributed by atoms with Crippen LogP contribution in [0.25, 0.3) is 0 Å². The van der Waals surface area contributed by atoms with Crippen LogP contribution < -0.4 is 0 Å². The molecule has 0 aliphatic heterocycles. The van der Waals surface area contributed by atoms with E-state index in [1.54, 1.807) is 0 Å². The standard InChI is InChI=1S/C22H46/c1-14(2)20(15(3)4)22(18(9)10,19(11)12)21(13,16(5)6)17(7)8/h14-20H,1-13H3. The molecule has 0 heterocycles. The molecule has 0 aromatic carbocycles. The molecule has 0 aromatic rings. The summed E-state index contributed by atoms with van der Waals surface area (Å²) < 4.78 is 0. The lowest BCUT2D eigenvalue weighted by Crippen LogP contribution is -2.59. The maximum absolute atomic E-state index is 2.60. The summed E-state index contributed by atoms with van der Waals surface area (Å²) in [4.78, 5) is 0. The maximum Gasteiger partial charge on any atom is -0.0160 e. The normalized spacial score (nSPS) is 14.7. The Morgan fingerprint density at radius 3 is 0.864 bits per heavy atom. The molecular weight excluding hydrogens is 264 g/mol. The topological polar surface area (TPSA) is 0 Å². The fourth-order valence-electron chi connectivity index (χ4n) is 6.58. The fraction of sp³-hybridized carbons (Fsp3) is 1.00. The van der Waals surface area contributed by atoms with Crippen LogP contribution in [0.2, 0.25) is 0 Å². The number of hydrogen-bond acceptors (Lipinski definition) is 0. The third-order valence-corrected chi connectivity index (χ3v) is 7.23. The van der Waals surface area contributed by atoms with Crippen molar-refractivity contribution in [2.45, 2.75) is 90.0 Å². The highest BCUT2D eigenvalue weighted by molar-refractivity contribution is 5.06. The molecule has 0 bridgehead atoms. The second kappa shape index (κ2) is 7.71. The zero-order valence-electron chi connectivity index (χ0n) is 18.0. The smallest absolute Gasteiger partial charge is 0.0160 e. The van der Waals surface area contributed by atoms with E-state index >= 15 is 0 Å². The fourth-order valence-corrected chi connectivity index (χ4v) is 6.58. The van der Waals surface area contributed by atoms with Crippen molar-refractivity contribution >= 4 is 0 Å². The molecule has 22 heavy (non-hydrogen) atoms. The van der Waals surface area contributed by atoms with Gasteiger partial charge in [0.25, 0.3) is 0 Å². The van der Waals surface area contributed by atoms with Gasteiger partial charge in [0.1, 0.15) is 0 Å². The van der Waals surface area contributed by atoms with Crippen molar-refractivity contribution in [1.82, 2.24) is 0 Å². The van der Waals surface area contributed by atoms with E-state index in [9.17, 15) is 0 Å². The third kappa shape index (κ3) is 3.27. The van der Waals surface area contributed by atoms with Gasteiger partial charge in [-0.05, 0) is 52.3 Å². The van der Waals surface area contributed by atoms with Gasteiger partial charge in [0, 0.05) is 0 Å². The van der Waals surface area contributed by atoms with Crippen molar-refractivity contribution in [1.29, 1.82) is 0 Å². The van der Waals surface area contributed by atoms with Crippen molar-refractivity contribution in [2.75, 3.05) is 0 Å². The highest BCUT2D eigenvalue weighted by Crippen LogP contribution is 2.64. The SMILES string of the molecule is CC(C)C(C(C)C)C(C(C)C)(C(C)C)C(C)(C(C)C)C(C)C. The van der Waals surface area contributed by atoms with E-state index in [-0.39, 0.29) is 0 Å². The van der Waals surface area contributed by atoms with Crippen LogP contribution in [0.3, 0.4) is 0 Å². The predicted octanol–water partition coefficient (Wildman–Crippen LogP) is 7.53. The quantitative estimate of drug-likeness (QED) is 0.434. The van der Waals surface area contributed by atoms with Gasteiger partial charge >= 0.3 is 0 Å². The minimum absolute atomic E-state index is 0.342. The molecule has 0 aromatic heterocycles. The zero-order valence-corrected chi connectivity index (χ0v) is 18.0. The van der Waals surface area contributed by atoms with E-state index in [0.29, 0.717) is 34.5 Å². The van der Waals surface area contributed by atoms with E-state index < -0.39 is 0 Å². The minimum Gasteiger partial charge on any atom is -0.0625 e. The summed E-state index contributed by atoms with van der Waals surface area (Å²) in [5.74, 6) is 4.97. The Morgan fingerprint density at radius 2 is 0.727 bits per heavy atom. The Balaban J connectivity index is 6.69. The highest BCUT2D eigenvalue weighted by atomic mass is 14.6. The molecule has 0 N–H and O–H groups in total. The molecular formula is C22H46. The van der Waals surface area contributed by atoms with Crippen molar-refractivity contribution in [3.05, 3.63) is 0 Å². The van der Waals surface area contributed by atoms with Gasteiger partial charge in [-0.2, -0.15) is 0 Å². The van der Waals surface area contributed by atoms with Crippen molar-refractivity contribution in [2.24, 2.45) is 52.3 Å². The highest BCUT2D eigenvalue weighted by Gasteiger charge is 2.59. The molecule has 0 saturated carbocycles. The lowest BCUT2D eigenvalue weighted by molar-refractivity contribution is -0.168. The molecule has 0 atom stereocenters. The van der Waals surface area contributed by atoms with Crippen LogP contribution >= 0.6 is 0 Å². The summed E-state index contributed by atoms with van der Waals surface area (Å²) in [7, 11) is 0. The lowest BCUT2D eigenvalue weighted by Gasteiger charge is -2.64. The van der Waals surface area contributed by atoms with Crippen LogP contribution in [0, 0.1) is 52.3 Å². The van der Waals surface area contributed by atoms with Gasteiger partial charge in [0.05, 0.1) is 0 Å². The van der Waals surface area contributed by atoms with E-state index in [0.717, 1.165) is 17.8 Å². The summed E-state index contributed by atoms with van der Waals surface area (Å²) in [5.41, 5.74) is 0.701. The number of hydrogen-bond donors (Lipinski definition) is 0. The van der Waals surface area contributed by atoms with Gasteiger partial charge in [-0.1, -0.05) is 90.0 Å². The molecule has 0 nitrogen and oxygen atoms in total. The van der Waals surface area contributed by atoms with Gasteiger partial charge < -0.3 is 0 Å². The van der Waals surface area contributed by atoms with Crippen molar-refractivity contribution in [3.63, 3.8) is 0 Å². The molecule has 0 rings (SSSR count). The van der Waals surface area contributed by atoms with Crippen LogP contribution in [-0.2, 0) is 0 Å². The molecule has 0 aliphatic carbocycles. The van der Waals surface area contributed by atoms with Crippen LogP contribution in [-0.4, -0.2) is 0 Å². The second-order valence-corrected chi connectivity index (χ2v) is 9.85. The summed E-state index contributed by atoms with van der Waals surface area (Å²) in [6.45, 7) is 32.2. The Labute approximate surface area is 142 Å². The molecule has 0 amide bonds. The lowest BCUT2D eigenvalue weighted by atomic mass is 9.40. The Hall–Kier alpha value is 0. The third-order valence-electron chi connectivity index (χ3n) is 7.23. The largest absolute Gasteiger partial charge is 0.0625 e. The molecule has 0 heteroatoms. The molecule has 0 spiro atoms. The monoisotopic (exact) mass is 310 g/mol. The molecule has 0 fully saturated rings. The first-order valence-electron chi connectivity index (χ1n) is 9.79. The van der Waals surface area contributed by atoms with Gasteiger partial charge in [-0.3, -0.25) is 0 Å². The minimum atomic E-state index is 0.342. The van der Waals surface area contributed by atoms with Gasteiger partial charge in [-0.25, -0.2) is 0 Å². The second-order valence-electron chi connectivity index (χ2n) is 9.85. The average molecular weight is 311 g/mol. The predicted molar refractivity (Wildman–Crippen MR) is 103 cm³/mol. The summed E-state index contributed by atoms with van der Waals surface area (Å²) in [6, 6.07) is 0. The molecule has 0 unspecified atom stereocenters. The summed E-state index contributed by atoms with van der Waals surface area (Å²) in [6.07, 6.45) is 0. The molecule has 0 radical (unpaired) electrons. The molecule has 0 aliphatic rings. The number of rotatable bonds is 8. The Bertz CT molecular complexity index is 293. The van der Waals surface area contributed by atoms with Gasteiger partial charge in [0.15, 0.2) is 0 Å². The van der Waals surface area contributed by atoms with E-state index in [4.69, 9.17) is 0 Å². The van der Waals surface area contributed by atoms with E-state index in [2.05, 4.69) is 90.0 Å². The molecule has 0 saturated heterocycles. The van der Waals surface area contributed by atoms with Crippen LogP contribution in [0.1, 0.15) is 90.0 Å². The van der Waals surface area contributed by atoms with Crippen LogP contribution in [0.4, 0.5) is 0 Å². The Morgan fingerprint density at radius 1 is 0.455 bits per heavy atom. The van der Waals surface area contributed by atoms with Crippen molar-refractivity contribution in [3.8, 4) is 0 Å².